The van der Waals surface area contributed by atoms with Crippen LogP contribution in [0.1, 0.15) is 166 Å². The van der Waals surface area contributed by atoms with Gasteiger partial charge in [-0.05, 0) is 269 Å². The number of thiazole rings is 2. The Morgan fingerprint density at radius 2 is 1.09 bits per heavy atom. The zero-order valence-electron chi connectivity index (χ0n) is 66.1. The lowest BCUT2D eigenvalue weighted by molar-refractivity contribution is -0.118. The summed E-state index contributed by atoms with van der Waals surface area (Å²) in [6.45, 7) is 11.4. The number of esters is 4. The van der Waals surface area contributed by atoms with E-state index in [1.165, 1.54) is 34.1 Å². The first-order valence-electron chi connectivity index (χ1n) is 40.2. The molecule has 1 N–H and O–H groups in total. The van der Waals surface area contributed by atoms with Gasteiger partial charge in [-0.15, -0.1) is 0 Å². The minimum Gasteiger partial charge on any atom is -0.493 e. The largest absolute Gasteiger partial charge is 0.493 e. The van der Waals surface area contributed by atoms with E-state index < -0.39 is 23.9 Å². The maximum atomic E-state index is 14.1. The van der Waals surface area contributed by atoms with Crippen LogP contribution in [0.15, 0.2) is 204 Å². The fourth-order valence-electron chi connectivity index (χ4n) is 14.2. The van der Waals surface area contributed by atoms with Crippen molar-refractivity contribution in [2.24, 2.45) is 16.1 Å². The summed E-state index contributed by atoms with van der Waals surface area (Å²) in [4.78, 5) is 78.3. The Morgan fingerprint density at radius 1 is 0.513 bits per heavy atom. The van der Waals surface area contributed by atoms with Gasteiger partial charge in [0.1, 0.15) is 34.5 Å². The van der Waals surface area contributed by atoms with Crippen LogP contribution >= 0.6 is 22.7 Å². The maximum Gasteiger partial charge on any atom is 0.343 e. The molecule has 0 bridgehead atoms. The van der Waals surface area contributed by atoms with Gasteiger partial charge in [0.25, 0.3) is 0 Å². The number of carbonyl (C=O) groups excluding carboxylic acids is 5. The van der Waals surface area contributed by atoms with Gasteiger partial charge in [0.2, 0.25) is 16.2 Å². The summed E-state index contributed by atoms with van der Waals surface area (Å²) in [6, 6.07) is 58.0. The number of nitrogens with zero attached hydrogens (tertiary/aromatic N) is 6. The number of amides is 1. The lowest BCUT2D eigenvalue weighted by atomic mass is 9.90. The number of aromatic nitrogens is 2. The van der Waals surface area contributed by atoms with Crippen molar-refractivity contribution < 1.29 is 71.7 Å². The number of benzene rings is 10. The van der Waals surface area contributed by atoms with E-state index >= 15 is 0 Å². The summed E-state index contributed by atoms with van der Waals surface area (Å²) < 4.78 is 55.3. The molecule has 1 aliphatic heterocycles. The summed E-state index contributed by atoms with van der Waals surface area (Å²) >= 11 is 2.84. The SMILES string of the molecule is CCCC(=O)N(/N=C/c1c(OCCCCCCOCC)ccc2cc(C(=O)Oc3ccc(C(=O)Oc4ccc(CCCCc5ccc(OC(=O)c6ccc(OC(=O)c7ccc8cc(OCCCOCC9CCC%10OC%10C9)ccc8c7)c(C)c6)c(/C=N/N(CCO)c6nc7ccccc7s6)c5)cc4C)cc3)ccc12)c1nc2ccccc2s1. The number of aryl methyl sites for hydroxylation is 4. The standard InChI is InChI=1S/C94H94N6O15S2/c1-5-18-88(102)100(94-98-79-22-12-14-24-87(79)117-94)96-59-77-76-39-33-72(56-69(76)34-44-83(77)110-49-16-8-7-15-47-107-6-2)90(104)111-74-36-30-66(31-37-74)89(103)113-80-40-25-63(51-61(80)3)19-9-10-20-64-26-41-82(73(53-64)58-95-99(45-46-101)93-97-78-21-11-13-23-86(78)116-93)115-91(105)70-35-43-81(62(4)52-70)114-92(106)71-29-28-68-57-75(38-32-67(68)55-71)109-50-17-48-108-60-65-27-42-84-85(54-65)112-84/h11-14,21-26,28-41,43-44,51-53,55-59,65,84-85,101H,5-10,15-20,27,42,45-50,54,60H2,1-4H3/b95-58+,96-59+. The van der Waals surface area contributed by atoms with E-state index in [1.54, 1.807) is 103 Å². The van der Waals surface area contributed by atoms with Crippen molar-refractivity contribution in [1.82, 2.24) is 9.97 Å². The number of para-hydroxylation sites is 2. The molecule has 0 radical (unpaired) electrons. The number of hydrogen-bond donors (Lipinski definition) is 1. The van der Waals surface area contributed by atoms with Crippen LogP contribution in [-0.2, 0) is 31.8 Å². The predicted molar refractivity (Wildman–Crippen MR) is 458 cm³/mol. The van der Waals surface area contributed by atoms with Gasteiger partial charge in [-0.2, -0.15) is 15.2 Å². The van der Waals surface area contributed by atoms with Gasteiger partial charge in [-0.25, -0.2) is 34.2 Å². The van der Waals surface area contributed by atoms with Crippen LogP contribution in [-0.4, -0.2) is 122 Å². The Bertz CT molecular complexity index is 5520. The maximum absolute atomic E-state index is 14.1. The molecule has 602 valence electrons. The average Bonchev–Trinajstić information content (AvgIpc) is 0.830. The van der Waals surface area contributed by atoms with Gasteiger partial charge < -0.3 is 47.7 Å². The highest BCUT2D eigenvalue weighted by Gasteiger charge is 2.43. The number of rotatable bonds is 39. The van der Waals surface area contributed by atoms with Crippen molar-refractivity contribution in [3.63, 3.8) is 0 Å². The minimum absolute atomic E-state index is 0.164. The molecule has 23 heteroatoms. The quantitative estimate of drug-likeness (QED) is 0.00939. The molecule has 1 aliphatic carbocycles. The average molecular weight is 1610 g/mol. The number of unbranched alkanes of at least 4 members (excludes halogenated alkanes) is 4. The molecule has 3 heterocycles. The number of hydrazone groups is 2. The molecule has 10 aromatic carbocycles. The molecule has 0 spiro atoms. The molecule has 2 fully saturated rings. The molecule has 117 heavy (non-hydrogen) atoms. The molecule has 1 saturated heterocycles. The number of anilines is 2. The second-order valence-electron chi connectivity index (χ2n) is 29.2. The molecule has 1 amide bonds. The van der Waals surface area contributed by atoms with E-state index in [4.69, 9.17) is 62.8 Å². The van der Waals surface area contributed by atoms with E-state index in [2.05, 4.69) is 0 Å². The van der Waals surface area contributed by atoms with Gasteiger partial charge in [-0.3, -0.25) is 4.79 Å². The first kappa shape index (κ1) is 82.0. The molecule has 21 nitrogen and oxygen atoms in total. The fraction of sp³-hybridized carbons (Fsp3) is 0.309. The molecule has 2 aliphatic rings. The summed E-state index contributed by atoms with van der Waals surface area (Å²) in [5, 5.41) is 27.0. The van der Waals surface area contributed by atoms with Crippen molar-refractivity contribution in [3.05, 3.63) is 250 Å². The van der Waals surface area contributed by atoms with Crippen molar-refractivity contribution >= 4 is 117 Å². The van der Waals surface area contributed by atoms with E-state index in [-0.39, 0.29) is 48.1 Å². The zero-order chi connectivity index (χ0) is 81.0. The number of epoxide rings is 1. The van der Waals surface area contributed by atoms with Crippen LogP contribution < -0.4 is 38.4 Å². The van der Waals surface area contributed by atoms with Crippen LogP contribution in [0.25, 0.3) is 42.0 Å². The topological polar surface area (TPSA) is 249 Å². The second-order valence-corrected chi connectivity index (χ2v) is 31.2. The van der Waals surface area contributed by atoms with Crippen molar-refractivity contribution in [1.29, 1.82) is 0 Å². The highest BCUT2D eigenvalue weighted by atomic mass is 32.1. The van der Waals surface area contributed by atoms with E-state index in [0.29, 0.717) is 113 Å². The van der Waals surface area contributed by atoms with E-state index in [9.17, 15) is 29.1 Å². The van der Waals surface area contributed by atoms with Gasteiger partial charge in [0, 0.05) is 50.4 Å². The van der Waals surface area contributed by atoms with E-state index in [0.717, 1.165) is 142 Å². The van der Waals surface area contributed by atoms with Crippen molar-refractivity contribution in [2.75, 3.05) is 62.8 Å². The van der Waals surface area contributed by atoms with Crippen molar-refractivity contribution in [2.45, 2.75) is 130 Å². The second kappa shape index (κ2) is 39.9. The van der Waals surface area contributed by atoms with Gasteiger partial charge >= 0.3 is 23.9 Å². The minimum atomic E-state index is -0.630. The van der Waals surface area contributed by atoms with Gasteiger partial charge in [0.05, 0.1) is 93.7 Å². The predicted octanol–water partition coefficient (Wildman–Crippen LogP) is 19.6. The molecule has 3 atom stereocenters. The van der Waals surface area contributed by atoms with Crippen LogP contribution in [0.5, 0.6) is 34.5 Å². The summed E-state index contributed by atoms with van der Waals surface area (Å²) in [5.74, 6) is 0.552. The first-order chi connectivity index (χ1) is 57.2. The third-order valence-electron chi connectivity index (χ3n) is 20.5. The van der Waals surface area contributed by atoms with Crippen LogP contribution in [0.3, 0.4) is 0 Å². The van der Waals surface area contributed by atoms with Gasteiger partial charge in [-0.1, -0.05) is 103 Å². The monoisotopic (exact) mass is 1610 g/mol. The highest BCUT2D eigenvalue weighted by Crippen LogP contribution is 2.40. The molecule has 12 aromatic rings. The molecule has 3 unspecified atom stereocenters. The number of aliphatic hydroxyl groups excluding tert-OH is 1. The van der Waals surface area contributed by atoms with Crippen LogP contribution in [0.2, 0.25) is 0 Å². The van der Waals surface area contributed by atoms with Crippen LogP contribution in [0.4, 0.5) is 10.3 Å². The lowest BCUT2D eigenvalue weighted by Crippen LogP contribution is -2.25. The number of ether oxygens (including phenoxy) is 9. The molecular weight excluding hydrogens is 1520 g/mol. The Morgan fingerprint density at radius 3 is 1.81 bits per heavy atom. The lowest BCUT2D eigenvalue weighted by Gasteiger charge is -2.18. The van der Waals surface area contributed by atoms with E-state index in [1.807, 2.05) is 136 Å². The summed E-state index contributed by atoms with van der Waals surface area (Å²) in [7, 11) is 0. The van der Waals surface area contributed by atoms with Gasteiger partial charge in [0.15, 0.2) is 0 Å². The molecule has 1 saturated carbocycles. The third-order valence-corrected chi connectivity index (χ3v) is 22.6. The normalized spacial score (nSPS) is 14.5. The number of aliphatic hydroxyl groups is 1. The molecular formula is C94H94N6O15S2. The fourth-order valence-corrected chi connectivity index (χ4v) is 16.1. The number of fused-ring (bicyclic) bond motifs is 5. The first-order valence-corrected chi connectivity index (χ1v) is 41.8. The Kier molecular flexibility index (Phi) is 27.9. The molecule has 2 aromatic heterocycles. The molecule has 14 rings (SSSR count). The Balaban J connectivity index is 0.576. The van der Waals surface area contributed by atoms with Crippen LogP contribution in [0, 0.1) is 19.8 Å². The number of hydrogen-bond acceptors (Lipinski definition) is 22. The highest BCUT2D eigenvalue weighted by molar-refractivity contribution is 7.22. The van der Waals surface area contributed by atoms with Crippen molar-refractivity contribution in [3.8, 4) is 34.5 Å². The summed E-state index contributed by atoms with van der Waals surface area (Å²) in [6.07, 6.45) is 16.2. The smallest absolute Gasteiger partial charge is 0.343 e. The Hall–Kier alpha value is -11.6. The Labute approximate surface area is 687 Å². The zero-order valence-corrected chi connectivity index (χ0v) is 67.7. The summed E-state index contributed by atoms with van der Waals surface area (Å²) in [5.41, 5.74) is 7.29. The number of carbonyl (C=O) groups is 5. The third kappa shape index (κ3) is 21.8.